The molecule has 3 rings (SSSR count). The fourth-order valence-electron chi connectivity index (χ4n) is 2.61. The second kappa shape index (κ2) is 4.50. The molecule has 2 aliphatic rings. The molecule has 0 saturated carbocycles. The Balaban J connectivity index is 2.23. The second-order valence-electron chi connectivity index (χ2n) is 5.57. The third-order valence-corrected chi connectivity index (χ3v) is 4.09. The smallest absolute Gasteiger partial charge is 0.265 e. The fourth-order valence-corrected chi connectivity index (χ4v) is 2.61. The standard InChI is InChI=1S/C13H18N5O2/c1-8-4-6-18(7-5-8)12-14-9-10(15-12)16(2)13(20)17(3)11(9)19/h8H,4-7H2,1-3H3/q+1. The van der Waals surface area contributed by atoms with Gasteiger partial charge in [0.15, 0.2) is 0 Å². The van der Waals surface area contributed by atoms with Gasteiger partial charge in [-0.15, -0.1) is 0 Å². The molecule has 7 nitrogen and oxygen atoms in total. The van der Waals surface area contributed by atoms with Gasteiger partial charge in [-0.3, -0.25) is 18.5 Å². The summed E-state index contributed by atoms with van der Waals surface area (Å²) in [6.07, 6.45) is 2.20. The molecule has 0 unspecified atom stereocenters. The topological polar surface area (TPSA) is 71.7 Å². The molecule has 0 aromatic carbocycles. The van der Waals surface area contributed by atoms with Gasteiger partial charge in [0.05, 0.1) is 13.1 Å². The van der Waals surface area contributed by atoms with E-state index in [1.807, 2.05) is 0 Å². The van der Waals surface area contributed by atoms with Crippen molar-refractivity contribution in [2.45, 2.75) is 19.8 Å². The molecule has 0 atom stereocenters. The Morgan fingerprint density at radius 3 is 2.40 bits per heavy atom. The van der Waals surface area contributed by atoms with Gasteiger partial charge in [0.2, 0.25) is 0 Å². The quantitative estimate of drug-likeness (QED) is 0.521. The number of rotatable bonds is 0. The molecule has 3 heterocycles. The Labute approximate surface area is 115 Å². The molecule has 0 radical (unpaired) electrons. The van der Waals surface area contributed by atoms with E-state index in [1.165, 1.54) is 11.6 Å². The average molecular weight is 276 g/mol. The van der Waals surface area contributed by atoms with E-state index in [0.29, 0.717) is 17.4 Å². The largest absolute Gasteiger partial charge is 0.431 e. The molecule has 7 heteroatoms. The van der Waals surface area contributed by atoms with Crippen LogP contribution in [0.2, 0.25) is 0 Å². The van der Waals surface area contributed by atoms with Crippen LogP contribution < -0.4 is 22.1 Å². The van der Waals surface area contributed by atoms with Crippen LogP contribution in [0.1, 0.15) is 19.8 Å². The summed E-state index contributed by atoms with van der Waals surface area (Å²) in [5.41, 5.74) is -0.389. The van der Waals surface area contributed by atoms with E-state index in [4.69, 9.17) is 0 Å². The average Bonchev–Trinajstić information content (AvgIpc) is 2.89. The van der Waals surface area contributed by atoms with Crippen molar-refractivity contribution in [3.8, 4) is 0 Å². The summed E-state index contributed by atoms with van der Waals surface area (Å²) in [6, 6.07) is 0. The summed E-state index contributed by atoms with van der Waals surface area (Å²) in [4.78, 5) is 32.7. The van der Waals surface area contributed by atoms with Gasteiger partial charge in [-0.1, -0.05) is 11.9 Å². The maximum Gasteiger partial charge on any atom is 0.431 e. The van der Waals surface area contributed by atoms with Crippen molar-refractivity contribution >= 4 is 5.96 Å². The van der Waals surface area contributed by atoms with Crippen molar-refractivity contribution in [2.75, 3.05) is 13.1 Å². The molecule has 0 spiro atoms. The van der Waals surface area contributed by atoms with Crippen molar-refractivity contribution in [3.05, 3.63) is 31.7 Å². The molecular weight excluding hydrogens is 258 g/mol. The minimum Gasteiger partial charge on any atom is -0.265 e. The minimum atomic E-state index is -0.382. The third-order valence-electron chi connectivity index (χ3n) is 4.09. The molecule has 2 aliphatic heterocycles. The monoisotopic (exact) mass is 276 g/mol. The molecule has 1 saturated heterocycles. The van der Waals surface area contributed by atoms with Gasteiger partial charge >= 0.3 is 17.2 Å². The summed E-state index contributed by atoms with van der Waals surface area (Å²) in [5.74, 6) is 1.28. The summed E-state index contributed by atoms with van der Waals surface area (Å²) in [6.45, 7) is 4.02. The van der Waals surface area contributed by atoms with Gasteiger partial charge in [-0.05, 0) is 23.8 Å². The first-order valence-corrected chi connectivity index (χ1v) is 6.84. The van der Waals surface area contributed by atoms with E-state index in [9.17, 15) is 9.59 Å². The van der Waals surface area contributed by atoms with Crippen molar-refractivity contribution in [1.82, 2.24) is 9.13 Å². The van der Waals surface area contributed by atoms with Gasteiger partial charge in [0.25, 0.3) is 10.8 Å². The number of hydrogen-bond acceptors (Lipinski definition) is 2. The van der Waals surface area contributed by atoms with Crippen LogP contribution in [0.3, 0.4) is 0 Å². The first kappa shape index (κ1) is 13.0. The van der Waals surface area contributed by atoms with Crippen LogP contribution in [0.5, 0.6) is 0 Å². The zero-order valence-electron chi connectivity index (χ0n) is 12.0. The molecule has 106 valence electrons. The lowest BCUT2D eigenvalue weighted by molar-refractivity contribution is -0.542. The highest BCUT2D eigenvalue weighted by molar-refractivity contribution is 5.78. The number of piperidine rings is 1. The van der Waals surface area contributed by atoms with E-state index < -0.39 is 0 Å². The van der Waals surface area contributed by atoms with Crippen LogP contribution >= 0.6 is 0 Å². The summed E-state index contributed by atoms with van der Waals surface area (Å²) < 4.78 is 4.53. The highest BCUT2D eigenvalue weighted by atomic mass is 16.2. The Bertz CT molecular complexity index is 833. The third kappa shape index (κ3) is 1.85. The summed E-state index contributed by atoms with van der Waals surface area (Å²) in [5, 5.41) is 0.267. The van der Waals surface area contributed by atoms with E-state index in [2.05, 4.69) is 21.5 Å². The van der Waals surface area contributed by atoms with Crippen LogP contribution in [0.4, 0.5) is 0 Å². The zero-order chi connectivity index (χ0) is 14.4. The van der Waals surface area contributed by atoms with E-state index in [-0.39, 0.29) is 16.6 Å². The van der Waals surface area contributed by atoms with Crippen LogP contribution in [-0.4, -0.2) is 32.8 Å². The summed E-state index contributed by atoms with van der Waals surface area (Å²) in [7, 11) is 3.07. The summed E-state index contributed by atoms with van der Waals surface area (Å²) >= 11 is 0. The van der Waals surface area contributed by atoms with Crippen molar-refractivity contribution in [2.24, 2.45) is 30.0 Å². The lowest BCUT2D eigenvalue weighted by Gasteiger charge is -2.19. The van der Waals surface area contributed by atoms with Gasteiger partial charge in [-0.25, -0.2) is 4.79 Å². The van der Waals surface area contributed by atoms with Gasteiger partial charge < -0.3 is 0 Å². The van der Waals surface area contributed by atoms with Gasteiger partial charge in [-0.2, -0.15) is 0 Å². The van der Waals surface area contributed by atoms with E-state index >= 15 is 0 Å². The van der Waals surface area contributed by atoms with Gasteiger partial charge in [0.1, 0.15) is 0 Å². The normalized spacial score (nSPS) is 21.4. The molecular formula is C13H18N5O2+. The first-order chi connectivity index (χ1) is 9.49. The maximum absolute atomic E-state index is 12.1. The van der Waals surface area contributed by atoms with Crippen LogP contribution in [-0.2, 0) is 14.1 Å². The first-order valence-electron chi connectivity index (χ1n) is 6.84. The highest BCUT2D eigenvalue weighted by Crippen LogP contribution is 2.13. The molecule has 0 N–H and O–H groups in total. The number of fused-ring (bicyclic) bond motifs is 1. The van der Waals surface area contributed by atoms with Crippen molar-refractivity contribution in [3.63, 3.8) is 0 Å². The number of aromatic nitrogens is 2. The second-order valence-corrected chi connectivity index (χ2v) is 5.57. The highest BCUT2D eigenvalue weighted by Gasteiger charge is 2.26. The number of hydrogen-bond donors (Lipinski definition) is 0. The lowest BCUT2D eigenvalue weighted by atomic mass is 10.0. The predicted molar refractivity (Wildman–Crippen MR) is 72.6 cm³/mol. The SMILES string of the molecule is CC1CC[N+](=C2N=c3c(=O)n(C)c(=O)n(C)c3=N2)CC1. The molecule has 20 heavy (non-hydrogen) atoms. The van der Waals surface area contributed by atoms with Crippen LogP contribution in [0.15, 0.2) is 19.6 Å². The Hall–Kier alpha value is -2.05. The molecule has 1 fully saturated rings. The number of nitrogens with zero attached hydrogens (tertiary/aromatic N) is 5. The Kier molecular flexibility index (Phi) is 2.92. The van der Waals surface area contributed by atoms with Crippen LogP contribution in [0.25, 0.3) is 0 Å². The molecule has 0 amide bonds. The van der Waals surface area contributed by atoms with Crippen molar-refractivity contribution < 1.29 is 4.58 Å². The molecule has 1 aromatic heterocycles. The molecule has 0 aliphatic carbocycles. The van der Waals surface area contributed by atoms with Crippen molar-refractivity contribution in [1.29, 1.82) is 0 Å². The fraction of sp³-hybridized carbons (Fsp3) is 0.615. The predicted octanol–water partition coefficient (Wildman–Crippen LogP) is -1.86. The van der Waals surface area contributed by atoms with E-state index in [1.54, 1.807) is 7.05 Å². The molecule has 1 aromatic rings. The maximum atomic E-state index is 12.1. The van der Waals surface area contributed by atoms with E-state index in [0.717, 1.165) is 30.5 Å². The van der Waals surface area contributed by atoms with Crippen LogP contribution in [0, 0.1) is 5.92 Å². The molecule has 0 bridgehead atoms. The zero-order valence-corrected chi connectivity index (χ0v) is 12.0. The lowest BCUT2D eigenvalue weighted by Crippen LogP contribution is -2.55. The Morgan fingerprint density at radius 1 is 1.10 bits per heavy atom. The minimum absolute atomic E-state index is 0.267. The Morgan fingerprint density at radius 2 is 1.75 bits per heavy atom. The van der Waals surface area contributed by atoms with Gasteiger partial charge in [0, 0.05) is 14.1 Å². The number of guanidine groups is 1.